The van der Waals surface area contributed by atoms with Crippen molar-refractivity contribution in [1.29, 1.82) is 0 Å². The van der Waals surface area contributed by atoms with Crippen LogP contribution in [0, 0.1) is 5.92 Å². The molecule has 2 rings (SSSR count). The first kappa shape index (κ1) is 16.9. The maximum absolute atomic E-state index is 10.0. The van der Waals surface area contributed by atoms with E-state index in [4.69, 9.17) is 27.9 Å². The Morgan fingerprint density at radius 3 is 2.62 bits per heavy atom. The molecule has 0 amide bonds. The van der Waals surface area contributed by atoms with Crippen LogP contribution in [0.3, 0.4) is 0 Å². The first-order chi connectivity index (χ1) is 10.1. The van der Waals surface area contributed by atoms with Gasteiger partial charge in [0, 0.05) is 6.54 Å². The number of para-hydroxylation sites is 1. The Morgan fingerprint density at radius 2 is 1.95 bits per heavy atom. The van der Waals surface area contributed by atoms with Crippen LogP contribution in [-0.2, 0) is 4.74 Å². The van der Waals surface area contributed by atoms with Crippen LogP contribution in [0.15, 0.2) is 18.2 Å². The van der Waals surface area contributed by atoms with E-state index in [2.05, 4.69) is 12.2 Å². The summed E-state index contributed by atoms with van der Waals surface area (Å²) >= 11 is 12.1. The summed E-state index contributed by atoms with van der Waals surface area (Å²) in [5.41, 5.74) is 0.658. The highest BCUT2D eigenvalue weighted by Gasteiger charge is 2.22. The van der Waals surface area contributed by atoms with Gasteiger partial charge in [0.1, 0.15) is 0 Å². The zero-order valence-corrected chi connectivity index (χ0v) is 13.8. The molecular weight excluding hydrogens is 309 g/mol. The van der Waals surface area contributed by atoms with Gasteiger partial charge in [0.25, 0.3) is 0 Å². The van der Waals surface area contributed by atoms with Crippen molar-refractivity contribution in [2.45, 2.75) is 44.8 Å². The molecule has 1 aliphatic rings. The molecule has 3 atom stereocenters. The number of hydrogen-bond acceptors (Lipinski definition) is 3. The fourth-order valence-electron chi connectivity index (χ4n) is 2.71. The van der Waals surface area contributed by atoms with Crippen molar-refractivity contribution >= 4 is 28.9 Å². The van der Waals surface area contributed by atoms with Gasteiger partial charge in [-0.1, -0.05) is 49.0 Å². The molecule has 2 N–H and O–H groups in total. The van der Waals surface area contributed by atoms with E-state index in [1.54, 1.807) is 18.2 Å². The minimum atomic E-state index is -0.577. The van der Waals surface area contributed by atoms with Crippen LogP contribution in [0.2, 0.25) is 10.0 Å². The standard InChI is InChI=1S/C16H23Cl2NO2/c1-11-5-2-3-8-15(11)21-10-12(20)9-19-16-13(17)6-4-7-14(16)18/h4,6-7,11-12,15,19-20H,2-3,5,8-10H2,1H3. The predicted molar refractivity (Wildman–Crippen MR) is 88.3 cm³/mol. The van der Waals surface area contributed by atoms with Gasteiger partial charge in [-0.2, -0.15) is 0 Å². The van der Waals surface area contributed by atoms with Crippen molar-refractivity contribution in [2.75, 3.05) is 18.5 Å². The van der Waals surface area contributed by atoms with Gasteiger partial charge in [-0.3, -0.25) is 0 Å². The fourth-order valence-corrected chi connectivity index (χ4v) is 3.24. The molecule has 1 aromatic rings. The molecule has 0 saturated heterocycles. The second-order valence-corrected chi connectivity index (χ2v) is 6.58. The monoisotopic (exact) mass is 331 g/mol. The van der Waals surface area contributed by atoms with E-state index in [-0.39, 0.29) is 6.10 Å². The van der Waals surface area contributed by atoms with Gasteiger partial charge in [0.15, 0.2) is 0 Å². The quantitative estimate of drug-likeness (QED) is 0.813. The van der Waals surface area contributed by atoms with E-state index in [0.29, 0.717) is 34.8 Å². The van der Waals surface area contributed by atoms with Gasteiger partial charge < -0.3 is 15.2 Å². The minimum absolute atomic E-state index is 0.275. The molecular formula is C16H23Cl2NO2. The molecule has 0 aliphatic heterocycles. The second-order valence-electron chi connectivity index (χ2n) is 5.76. The fraction of sp³-hybridized carbons (Fsp3) is 0.625. The van der Waals surface area contributed by atoms with Crippen LogP contribution in [-0.4, -0.2) is 30.5 Å². The van der Waals surface area contributed by atoms with E-state index < -0.39 is 6.10 Å². The van der Waals surface area contributed by atoms with Gasteiger partial charge in [-0.25, -0.2) is 0 Å². The number of hydrogen-bond donors (Lipinski definition) is 2. The third-order valence-electron chi connectivity index (χ3n) is 4.01. The SMILES string of the molecule is CC1CCCCC1OCC(O)CNc1c(Cl)cccc1Cl. The van der Waals surface area contributed by atoms with Crippen LogP contribution >= 0.6 is 23.2 Å². The number of benzene rings is 1. The average Bonchev–Trinajstić information content (AvgIpc) is 2.46. The Bertz CT molecular complexity index is 436. The van der Waals surface area contributed by atoms with Crippen LogP contribution in [0.25, 0.3) is 0 Å². The summed E-state index contributed by atoms with van der Waals surface area (Å²) in [6.07, 6.45) is 4.52. The highest BCUT2D eigenvalue weighted by molar-refractivity contribution is 6.39. The summed E-state index contributed by atoms with van der Waals surface area (Å²) in [7, 11) is 0. The largest absolute Gasteiger partial charge is 0.389 e. The van der Waals surface area contributed by atoms with Crippen molar-refractivity contribution in [3.05, 3.63) is 28.2 Å². The lowest BCUT2D eigenvalue weighted by atomic mass is 9.88. The second kappa shape index (κ2) is 8.23. The normalized spacial score (nSPS) is 23.8. The number of rotatable bonds is 6. The molecule has 0 spiro atoms. The van der Waals surface area contributed by atoms with Gasteiger partial charge in [-0.15, -0.1) is 0 Å². The lowest BCUT2D eigenvalue weighted by molar-refractivity contribution is -0.0424. The van der Waals surface area contributed by atoms with Gasteiger partial charge >= 0.3 is 0 Å². The van der Waals surface area contributed by atoms with Crippen molar-refractivity contribution < 1.29 is 9.84 Å². The number of halogens is 2. The molecule has 1 aromatic carbocycles. The zero-order valence-electron chi connectivity index (χ0n) is 12.3. The Morgan fingerprint density at radius 1 is 1.29 bits per heavy atom. The smallest absolute Gasteiger partial charge is 0.0945 e. The summed E-state index contributed by atoms with van der Waals surface area (Å²) < 4.78 is 5.85. The molecule has 5 heteroatoms. The Hall–Kier alpha value is -0.480. The van der Waals surface area contributed by atoms with Crippen LogP contribution in [0.1, 0.15) is 32.6 Å². The first-order valence-corrected chi connectivity index (χ1v) is 8.31. The maximum Gasteiger partial charge on any atom is 0.0945 e. The zero-order chi connectivity index (χ0) is 15.2. The molecule has 1 fully saturated rings. The molecule has 3 unspecified atom stereocenters. The van der Waals surface area contributed by atoms with Crippen molar-refractivity contribution in [3.8, 4) is 0 Å². The molecule has 0 aromatic heterocycles. The number of nitrogens with one attached hydrogen (secondary N) is 1. The molecule has 3 nitrogen and oxygen atoms in total. The van der Waals surface area contributed by atoms with E-state index >= 15 is 0 Å². The Kier molecular flexibility index (Phi) is 6.62. The van der Waals surface area contributed by atoms with Crippen molar-refractivity contribution in [1.82, 2.24) is 0 Å². The van der Waals surface area contributed by atoms with Gasteiger partial charge in [-0.05, 0) is 30.9 Å². The van der Waals surface area contributed by atoms with E-state index in [1.807, 2.05) is 0 Å². The van der Waals surface area contributed by atoms with Crippen LogP contribution in [0.5, 0.6) is 0 Å². The molecule has 1 saturated carbocycles. The summed E-state index contributed by atoms with van der Waals surface area (Å²) in [6.45, 7) is 2.92. The summed E-state index contributed by atoms with van der Waals surface area (Å²) in [5.74, 6) is 0.580. The topological polar surface area (TPSA) is 41.5 Å². The Balaban J connectivity index is 1.76. The third kappa shape index (κ3) is 5.03. The van der Waals surface area contributed by atoms with Crippen LogP contribution in [0.4, 0.5) is 5.69 Å². The highest BCUT2D eigenvalue weighted by Crippen LogP contribution is 2.30. The van der Waals surface area contributed by atoms with Crippen molar-refractivity contribution in [3.63, 3.8) is 0 Å². The summed E-state index contributed by atoms with van der Waals surface area (Å²) in [6, 6.07) is 5.32. The first-order valence-electron chi connectivity index (χ1n) is 7.55. The van der Waals surface area contributed by atoms with E-state index in [0.717, 1.165) is 6.42 Å². The van der Waals surface area contributed by atoms with Gasteiger partial charge in [0.05, 0.1) is 34.5 Å². The predicted octanol–water partition coefficient (Wildman–Crippen LogP) is 4.36. The maximum atomic E-state index is 10.0. The lowest BCUT2D eigenvalue weighted by Gasteiger charge is -2.29. The third-order valence-corrected chi connectivity index (χ3v) is 4.64. The molecule has 21 heavy (non-hydrogen) atoms. The number of aliphatic hydroxyl groups is 1. The van der Waals surface area contributed by atoms with Crippen molar-refractivity contribution in [2.24, 2.45) is 5.92 Å². The Labute approximate surface area is 136 Å². The summed E-state index contributed by atoms with van der Waals surface area (Å²) in [4.78, 5) is 0. The number of aliphatic hydroxyl groups excluding tert-OH is 1. The molecule has 1 aliphatic carbocycles. The highest BCUT2D eigenvalue weighted by atomic mass is 35.5. The molecule has 0 bridgehead atoms. The average molecular weight is 332 g/mol. The molecule has 0 heterocycles. The molecule has 118 valence electrons. The summed E-state index contributed by atoms with van der Waals surface area (Å²) in [5, 5.41) is 14.2. The van der Waals surface area contributed by atoms with Crippen LogP contribution < -0.4 is 5.32 Å². The van der Waals surface area contributed by atoms with E-state index in [9.17, 15) is 5.11 Å². The van der Waals surface area contributed by atoms with Gasteiger partial charge in [0.2, 0.25) is 0 Å². The minimum Gasteiger partial charge on any atom is -0.389 e. The number of anilines is 1. The number of ether oxygens (including phenoxy) is 1. The van der Waals surface area contributed by atoms with E-state index in [1.165, 1.54) is 19.3 Å². The lowest BCUT2D eigenvalue weighted by Crippen LogP contribution is -2.32. The molecule has 0 radical (unpaired) electrons.